The van der Waals surface area contributed by atoms with Crippen LogP contribution in [0.2, 0.25) is 0 Å². The lowest BCUT2D eigenvalue weighted by Crippen LogP contribution is -2.38. The Kier molecular flexibility index (Phi) is 6.65. The predicted octanol–water partition coefficient (Wildman–Crippen LogP) is 3.08. The van der Waals surface area contributed by atoms with Crippen molar-refractivity contribution in [3.63, 3.8) is 0 Å². The molecule has 4 heteroatoms. The number of halogens is 1. The van der Waals surface area contributed by atoms with E-state index in [1.165, 1.54) is 12.1 Å². The number of benzene rings is 1. The molecule has 0 saturated carbocycles. The third-order valence-electron chi connectivity index (χ3n) is 3.63. The molecule has 1 amide bonds. The maximum atomic E-state index is 12.9. The number of amides is 1. The molecule has 0 spiro atoms. The van der Waals surface area contributed by atoms with E-state index in [0.717, 1.165) is 24.9 Å². The fourth-order valence-corrected chi connectivity index (χ4v) is 2.03. The summed E-state index contributed by atoms with van der Waals surface area (Å²) in [5, 5.41) is 0. The van der Waals surface area contributed by atoms with E-state index >= 15 is 0 Å². The molecule has 1 aromatic carbocycles. The highest BCUT2D eigenvalue weighted by atomic mass is 19.1. The van der Waals surface area contributed by atoms with Crippen LogP contribution in [-0.4, -0.2) is 42.9 Å². The summed E-state index contributed by atoms with van der Waals surface area (Å²) in [5.41, 5.74) is 0.943. The highest BCUT2D eigenvalue weighted by Gasteiger charge is 2.18. The average Bonchev–Trinajstić information content (AvgIpc) is 2.44. The largest absolute Gasteiger partial charge is 0.338 e. The zero-order chi connectivity index (χ0) is 15.1. The Bertz CT molecular complexity index is 419. The minimum atomic E-state index is -0.255. The van der Waals surface area contributed by atoms with E-state index in [4.69, 9.17) is 0 Å². The van der Waals surface area contributed by atoms with Crippen molar-refractivity contribution in [3.8, 4) is 0 Å². The van der Waals surface area contributed by atoms with Gasteiger partial charge in [0.05, 0.1) is 12.6 Å². The summed E-state index contributed by atoms with van der Waals surface area (Å²) in [4.78, 5) is 16.0. The minimum Gasteiger partial charge on any atom is -0.338 e. The summed E-state index contributed by atoms with van der Waals surface area (Å²) in [6.45, 7) is 5.44. The Morgan fingerprint density at radius 2 is 1.85 bits per heavy atom. The summed E-state index contributed by atoms with van der Waals surface area (Å²) in [6, 6.07) is 6.26. The smallest absolute Gasteiger partial charge is 0.236 e. The molecule has 0 N–H and O–H groups in total. The van der Waals surface area contributed by atoms with E-state index in [2.05, 4.69) is 6.92 Å². The molecule has 0 radical (unpaired) electrons. The monoisotopic (exact) mass is 280 g/mol. The normalized spacial score (nSPS) is 12.5. The van der Waals surface area contributed by atoms with Crippen LogP contribution in [0.5, 0.6) is 0 Å². The van der Waals surface area contributed by atoms with E-state index in [9.17, 15) is 9.18 Å². The molecule has 1 atom stereocenters. The van der Waals surface area contributed by atoms with Crippen LogP contribution in [0.4, 0.5) is 4.39 Å². The summed E-state index contributed by atoms with van der Waals surface area (Å²) < 4.78 is 12.9. The highest BCUT2D eigenvalue weighted by molar-refractivity contribution is 5.78. The molecule has 0 bridgehead atoms. The SMILES string of the molecule is CCCCN(C)CC(=O)N(C)C(C)c1ccc(F)cc1. The van der Waals surface area contributed by atoms with Gasteiger partial charge in [-0.25, -0.2) is 4.39 Å². The van der Waals surface area contributed by atoms with Crippen molar-refractivity contribution >= 4 is 5.91 Å². The first-order valence-electron chi connectivity index (χ1n) is 7.15. The fourth-order valence-electron chi connectivity index (χ4n) is 2.03. The maximum absolute atomic E-state index is 12.9. The van der Waals surface area contributed by atoms with Gasteiger partial charge in [0.15, 0.2) is 0 Å². The van der Waals surface area contributed by atoms with Gasteiger partial charge in [-0.15, -0.1) is 0 Å². The van der Waals surface area contributed by atoms with Crippen LogP contribution in [0.1, 0.15) is 38.3 Å². The second-order valence-corrected chi connectivity index (χ2v) is 5.32. The second-order valence-electron chi connectivity index (χ2n) is 5.32. The number of rotatable bonds is 7. The predicted molar refractivity (Wildman–Crippen MR) is 80.0 cm³/mol. The van der Waals surface area contributed by atoms with Crippen molar-refractivity contribution in [2.24, 2.45) is 0 Å². The van der Waals surface area contributed by atoms with Gasteiger partial charge in [0, 0.05) is 7.05 Å². The van der Waals surface area contributed by atoms with Gasteiger partial charge in [0.25, 0.3) is 0 Å². The number of hydrogen-bond acceptors (Lipinski definition) is 2. The molecule has 1 aromatic rings. The van der Waals surface area contributed by atoms with Gasteiger partial charge in [-0.1, -0.05) is 25.5 Å². The van der Waals surface area contributed by atoms with Crippen molar-refractivity contribution in [1.29, 1.82) is 0 Å². The molecule has 0 saturated heterocycles. The lowest BCUT2D eigenvalue weighted by molar-refractivity contribution is -0.132. The summed E-state index contributed by atoms with van der Waals surface area (Å²) in [5.74, 6) is -0.172. The third-order valence-corrected chi connectivity index (χ3v) is 3.63. The van der Waals surface area contributed by atoms with Crippen LogP contribution in [0.15, 0.2) is 24.3 Å². The molecule has 0 heterocycles. The molecule has 0 aromatic heterocycles. The van der Waals surface area contributed by atoms with Crippen molar-refractivity contribution in [1.82, 2.24) is 9.80 Å². The van der Waals surface area contributed by atoms with E-state index in [1.807, 2.05) is 18.9 Å². The summed E-state index contributed by atoms with van der Waals surface area (Å²) >= 11 is 0. The first kappa shape index (κ1) is 16.6. The molecule has 0 aliphatic heterocycles. The van der Waals surface area contributed by atoms with Crippen LogP contribution in [0.25, 0.3) is 0 Å². The Balaban J connectivity index is 2.57. The number of carbonyl (C=O) groups is 1. The van der Waals surface area contributed by atoms with Gasteiger partial charge < -0.3 is 4.90 Å². The number of hydrogen-bond donors (Lipinski definition) is 0. The van der Waals surface area contributed by atoms with Crippen molar-refractivity contribution in [2.75, 3.05) is 27.2 Å². The Labute approximate surface area is 121 Å². The van der Waals surface area contributed by atoms with Crippen molar-refractivity contribution in [3.05, 3.63) is 35.6 Å². The quantitative estimate of drug-likeness (QED) is 0.766. The lowest BCUT2D eigenvalue weighted by atomic mass is 10.1. The Hall–Kier alpha value is -1.42. The zero-order valence-electron chi connectivity index (χ0n) is 12.9. The highest BCUT2D eigenvalue weighted by Crippen LogP contribution is 2.19. The first-order valence-corrected chi connectivity index (χ1v) is 7.15. The molecule has 0 aliphatic carbocycles. The molecule has 0 fully saturated rings. The van der Waals surface area contributed by atoms with E-state index in [-0.39, 0.29) is 17.8 Å². The summed E-state index contributed by atoms with van der Waals surface area (Å²) in [7, 11) is 3.76. The molecule has 0 aliphatic rings. The van der Waals surface area contributed by atoms with Gasteiger partial charge in [0.2, 0.25) is 5.91 Å². The average molecular weight is 280 g/mol. The Morgan fingerprint density at radius 1 is 1.25 bits per heavy atom. The number of likely N-dealkylation sites (N-methyl/N-ethyl adjacent to an activating group) is 2. The third kappa shape index (κ3) is 4.93. The van der Waals surface area contributed by atoms with Crippen LogP contribution in [0, 0.1) is 5.82 Å². The molecule has 112 valence electrons. The number of carbonyl (C=O) groups excluding carboxylic acids is 1. The number of nitrogens with zero attached hydrogens (tertiary/aromatic N) is 2. The molecule has 3 nitrogen and oxygen atoms in total. The van der Waals surface area contributed by atoms with Crippen molar-refractivity contribution < 1.29 is 9.18 Å². The minimum absolute atomic E-state index is 0.0531. The van der Waals surface area contributed by atoms with Gasteiger partial charge in [-0.05, 0) is 44.6 Å². The molecule has 1 rings (SSSR count). The first-order chi connectivity index (χ1) is 9.45. The van der Waals surface area contributed by atoms with Gasteiger partial charge in [0.1, 0.15) is 5.82 Å². The lowest BCUT2D eigenvalue weighted by Gasteiger charge is -2.27. The van der Waals surface area contributed by atoms with E-state index < -0.39 is 0 Å². The molecule has 1 unspecified atom stereocenters. The van der Waals surface area contributed by atoms with Crippen LogP contribution in [0.3, 0.4) is 0 Å². The Morgan fingerprint density at radius 3 is 2.40 bits per heavy atom. The summed E-state index contributed by atoms with van der Waals surface area (Å²) in [6.07, 6.45) is 2.22. The molecular weight excluding hydrogens is 255 g/mol. The maximum Gasteiger partial charge on any atom is 0.236 e. The topological polar surface area (TPSA) is 23.6 Å². The van der Waals surface area contributed by atoms with E-state index in [1.54, 1.807) is 24.1 Å². The molecule has 20 heavy (non-hydrogen) atoms. The van der Waals surface area contributed by atoms with E-state index in [0.29, 0.717) is 6.54 Å². The van der Waals surface area contributed by atoms with Gasteiger partial charge in [-0.2, -0.15) is 0 Å². The second kappa shape index (κ2) is 8.00. The van der Waals surface area contributed by atoms with Crippen LogP contribution in [-0.2, 0) is 4.79 Å². The van der Waals surface area contributed by atoms with Crippen LogP contribution < -0.4 is 0 Å². The standard InChI is InChI=1S/C16H25FN2O/c1-5-6-11-18(3)12-16(20)19(4)13(2)14-7-9-15(17)10-8-14/h7-10,13H,5-6,11-12H2,1-4H3. The van der Waals surface area contributed by atoms with Gasteiger partial charge >= 0.3 is 0 Å². The fraction of sp³-hybridized carbons (Fsp3) is 0.562. The van der Waals surface area contributed by atoms with Gasteiger partial charge in [-0.3, -0.25) is 9.69 Å². The molecular formula is C16H25FN2O. The van der Waals surface area contributed by atoms with Crippen LogP contribution >= 0.6 is 0 Å². The van der Waals surface area contributed by atoms with Crippen molar-refractivity contribution in [2.45, 2.75) is 32.7 Å². The number of unbranched alkanes of at least 4 members (excludes halogenated alkanes) is 1. The zero-order valence-corrected chi connectivity index (χ0v) is 12.9.